The molecule has 1 fully saturated rings. The van der Waals surface area contributed by atoms with E-state index in [0.29, 0.717) is 0 Å². The van der Waals surface area contributed by atoms with Gasteiger partial charge in [-0.05, 0) is 51.0 Å². The van der Waals surface area contributed by atoms with Gasteiger partial charge in [-0.15, -0.1) is 5.10 Å². The van der Waals surface area contributed by atoms with Crippen LogP contribution in [0.15, 0.2) is 41.5 Å². The number of nitrogens with two attached hydrogens (primary N) is 2. The average Bonchev–Trinajstić information content (AvgIpc) is 3.73. The number of benzene rings is 1. The molecule has 63 heavy (non-hydrogen) atoms. The Balaban J connectivity index is 1.56. The highest BCUT2D eigenvalue weighted by Gasteiger charge is 2.46. The molecule has 14 N–H and O–H groups in total. The van der Waals surface area contributed by atoms with Gasteiger partial charge in [-0.3, -0.25) is 38.6 Å². The minimum atomic E-state index is -1.88. The van der Waals surface area contributed by atoms with Crippen LogP contribution in [0.25, 0.3) is 0 Å². The molecule has 0 radical (unpaired) electrons. The number of fused-ring (bicyclic) bond motifs is 2. The molecule has 4 rings (SSSR count). The van der Waals surface area contributed by atoms with Crippen LogP contribution in [0.5, 0.6) is 0 Å². The van der Waals surface area contributed by atoms with Crippen molar-refractivity contribution in [3.05, 3.63) is 47.8 Å². The first-order chi connectivity index (χ1) is 29.9. The van der Waals surface area contributed by atoms with Crippen LogP contribution in [-0.2, 0) is 44.7 Å². The highest BCUT2D eigenvalue weighted by atomic mass is 19.1. The van der Waals surface area contributed by atoms with E-state index in [4.69, 9.17) is 16.2 Å². The third kappa shape index (κ3) is 14.9. The van der Waals surface area contributed by atoms with E-state index in [1.165, 1.54) is 10.9 Å². The molecular formula is C38H55FN12O12. The van der Waals surface area contributed by atoms with Crippen LogP contribution in [-0.4, -0.2) is 158 Å². The number of guanidine groups is 1. The number of alkyl halides is 1. The lowest BCUT2D eigenvalue weighted by atomic mass is 9.94. The van der Waals surface area contributed by atoms with E-state index in [2.05, 4.69) is 47.2 Å². The number of hydrogen-bond acceptors (Lipinski definition) is 14. The maximum atomic E-state index is 14.1. The lowest BCUT2D eigenvalue weighted by Gasteiger charge is -2.40. The van der Waals surface area contributed by atoms with Crippen molar-refractivity contribution >= 4 is 47.4 Å². The average molecular weight is 891 g/mol. The van der Waals surface area contributed by atoms with Crippen molar-refractivity contribution < 1.29 is 63.1 Å². The number of aliphatic hydroxyl groups excluding tert-OH is 3. The quantitative estimate of drug-likeness (QED) is 0.0404. The molecule has 24 nitrogen and oxygen atoms in total. The fourth-order valence-corrected chi connectivity index (χ4v) is 6.75. The Morgan fingerprint density at radius 2 is 1.63 bits per heavy atom. The molecule has 0 spiro atoms. The van der Waals surface area contributed by atoms with Gasteiger partial charge in [-0.2, -0.15) is 0 Å². The van der Waals surface area contributed by atoms with Crippen molar-refractivity contribution in [3.8, 4) is 0 Å². The normalized spacial score (nSPS) is 26.2. The fourth-order valence-electron chi connectivity index (χ4n) is 6.75. The summed E-state index contributed by atoms with van der Waals surface area (Å²) in [4.78, 5) is 94.6. The molecule has 3 heterocycles. The first-order valence-corrected chi connectivity index (χ1v) is 20.2. The number of ether oxygens (including phenoxy) is 1. The molecule has 5 unspecified atom stereocenters. The third-order valence-electron chi connectivity index (χ3n) is 10.2. The number of aromatic nitrogens is 3. The molecule has 346 valence electrons. The number of aliphatic imine (C=N–C) groups is 1. The van der Waals surface area contributed by atoms with E-state index in [-0.39, 0.29) is 63.3 Å². The number of amides is 6. The van der Waals surface area contributed by atoms with Crippen LogP contribution in [0.1, 0.15) is 68.8 Å². The molecule has 1 aromatic carbocycles. The molecule has 2 aliphatic rings. The number of rotatable bonds is 17. The number of unbranched alkanes of at least 4 members (excludes halogenated alkanes) is 1. The Morgan fingerprint density at radius 1 is 0.921 bits per heavy atom. The zero-order valence-corrected chi connectivity index (χ0v) is 34.4. The lowest BCUT2D eigenvalue weighted by Crippen LogP contribution is -2.63. The lowest BCUT2D eigenvalue weighted by molar-refractivity contribution is -0.219. The summed E-state index contributed by atoms with van der Waals surface area (Å²) in [6, 6.07) is 4.03. The van der Waals surface area contributed by atoms with Crippen molar-refractivity contribution in [2.45, 2.75) is 113 Å². The third-order valence-corrected chi connectivity index (χ3v) is 10.2. The standard InChI is InChI=1S/C38H55FN12O12/c1-19(39)33(58)44-16-26-29(55)30(56)31(57)32(63-26)37(62)42-12-6-5-11-25-36(61)47-21(10-7-13-43-38(40)41)34(59)45-17-27(52)46-23(15-28(53)54)35(60)48-22(24-18-51(25)50-49-24)14-20-8-3-2-4-9-20/h2-4,8-9,18-19,21-23,25-26,29-32,55-57H,5-7,10-17H2,1H3,(H,42,62)(H,44,58)(H,45,59)(H,46,52)(H,47,61)(H,48,60)(H,53,54)(H4,40,41,43)/t19-,21-,22-,23-,25-,26?,29?,30?,31?,32?/m0/s1. The molecular weight excluding hydrogens is 835 g/mol. The Kier molecular flexibility index (Phi) is 18.6. The number of nitrogens with zero attached hydrogens (tertiary/aromatic N) is 4. The summed E-state index contributed by atoms with van der Waals surface area (Å²) >= 11 is 0. The van der Waals surface area contributed by atoms with Crippen LogP contribution in [0, 0.1) is 0 Å². The monoisotopic (exact) mass is 890 g/mol. The first kappa shape index (κ1) is 49.3. The van der Waals surface area contributed by atoms with Gasteiger partial charge in [0.15, 0.2) is 18.2 Å². The van der Waals surface area contributed by atoms with Crippen LogP contribution in [0.4, 0.5) is 4.39 Å². The minimum Gasteiger partial charge on any atom is -0.481 e. The van der Waals surface area contributed by atoms with Crippen molar-refractivity contribution in [3.63, 3.8) is 0 Å². The number of nitrogens with one attached hydrogen (secondary N) is 6. The van der Waals surface area contributed by atoms with Gasteiger partial charge in [0.05, 0.1) is 25.2 Å². The Hall–Kier alpha value is -6.31. The van der Waals surface area contributed by atoms with Crippen molar-refractivity contribution in [1.82, 2.24) is 46.9 Å². The van der Waals surface area contributed by atoms with Gasteiger partial charge < -0.3 is 68.5 Å². The number of halogens is 1. The summed E-state index contributed by atoms with van der Waals surface area (Å²) in [5.41, 5.74) is 11.8. The van der Waals surface area contributed by atoms with Gasteiger partial charge in [-0.25, -0.2) is 9.07 Å². The second kappa shape index (κ2) is 23.8. The highest BCUT2D eigenvalue weighted by molar-refractivity contribution is 5.94. The number of aliphatic carboxylic acids is 1. The van der Waals surface area contributed by atoms with Crippen molar-refractivity contribution in [1.29, 1.82) is 0 Å². The molecule has 0 aliphatic carbocycles. The maximum absolute atomic E-state index is 14.1. The molecule has 25 heteroatoms. The largest absolute Gasteiger partial charge is 0.481 e. The van der Waals surface area contributed by atoms with Gasteiger partial charge >= 0.3 is 5.97 Å². The first-order valence-electron chi connectivity index (χ1n) is 20.2. The summed E-state index contributed by atoms with van der Waals surface area (Å²) < 4.78 is 20.1. The second-order valence-corrected chi connectivity index (χ2v) is 15.1. The number of carboxylic acids is 1. The summed E-state index contributed by atoms with van der Waals surface area (Å²) in [6.45, 7) is -0.0934. The van der Waals surface area contributed by atoms with E-state index in [1.54, 1.807) is 30.3 Å². The van der Waals surface area contributed by atoms with E-state index in [9.17, 15) is 58.4 Å². The van der Waals surface area contributed by atoms with Crippen LogP contribution in [0.3, 0.4) is 0 Å². The molecule has 2 aliphatic heterocycles. The smallest absolute Gasteiger partial charge is 0.305 e. The zero-order valence-electron chi connectivity index (χ0n) is 34.4. The Morgan fingerprint density at radius 3 is 2.32 bits per heavy atom. The Labute approximate surface area is 360 Å². The summed E-state index contributed by atoms with van der Waals surface area (Å²) in [6.07, 6.45) is -8.85. The van der Waals surface area contributed by atoms with Gasteiger partial charge in [0.2, 0.25) is 23.6 Å². The van der Waals surface area contributed by atoms with Gasteiger partial charge in [0.25, 0.3) is 11.8 Å². The molecule has 1 saturated heterocycles. The van der Waals surface area contributed by atoms with Gasteiger partial charge in [0.1, 0.15) is 48.2 Å². The minimum absolute atomic E-state index is 0.00351. The molecule has 10 atom stereocenters. The zero-order chi connectivity index (χ0) is 46.2. The number of carbonyl (C=O) groups excluding carboxylic acids is 6. The van der Waals surface area contributed by atoms with Crippen LogP contribution >= 0.6 is 0 Å². The summed E-state index contributed by atoms with van der Waals surface area (Å²) in [5, 5.41) is 64.2. The summed E-state index contributed by atoms with van der Waals surface area (Å²) in [7, 11) is 0. The molecule has 1 aromatic heterocycles. The van der Waals surface area contributed by atoms with Gasteiger partial charge in [0, 0.05) is 19.6 Å². The van der Waals surface area contributed by atoms with Crippen molar-refractivity contribution in [2.24, 2.45) is 16.5 Å². The molecule has 2 bridgehead atoms. The molecule has 0 saturated carbocycles. The van der Waals surface area contributed by atoms with Gasteiger partial charge in [-0.1, -0.05) is 35.5 Å². The topological polar surface area (TPSA) is 377 Å². The predicted molar refractivity (Wildman–Crippen MR) is 216 cm³/mol. The molecule has 2 aromatic rings. The van der Waals surface area contributed by atoms with E-state index < -0.39 is 122 Å². The fraction of sp³-hybridized carbons (Fsp3) is 0.579. The number of carboxylic acid groups (broad SMARTS) is 1. The van der Waals surface area contributed by atoms with E-state index in [1.807, 2.05) is 0 Å². The van der Waals surface area contributed by atoms with Crippen LogP contribution < -0.4 is 43.4 Å². The predicted octanol–water partition coefficient (Wildman–Crippen LogP) is -4.54. The Bertz CT molecular complexity index is 1930. The summed E-state index contributed by atoms with van der Waals surface area (Å²) in [5.74, 6) is -6.68. The van der Waals surface area contributed by atoms with E-state index >= 15 is 0 Å². The maximum Gasteiger partial charge on any atom is 0.305 e. The van der Waals surface area contributed by atoms with Crippen molar-refractivity contribution in [2.75, 3.05) is 26.2 Å². The highest BCUT2D eigenvalue weighted by Crippen LogP contribution is 2.23. The second-order valence-electron chi connectivity index (χ2n) is 15.1. The number of hydrogen-bond donors (Lipinski definition) is 12. The number of aliphatic hydroxyl groups is 3. The molecule has 6 amide bonds. The van der Waals surface area contributed by atoms with Crippen LogP contribution in [0.2, 0.25) is 0 Å². The SMILES string of the molecule is C[C@H](F)C(=O)NCC1OC(C(=O)NCCCC[C@H]2C(=O)N[C@@H](CCCN=C(N)N)C(=O)NCC(=O)N[C@@H](CC(=O)O)C(=O)N[C@@H](Cc3ccccc3)c3cn2nn3)C(O)C(O)C1O. The van der Waals surface area contributed by atoms with E-state index in [0.717, 1.165) is 12.5 Å². The number of carbonyl (C=O) groups is 7.